The second-order valence-corrected chi connectivity index (χ2v) is 7.94. The van der Waals surface area contributed by atoms with Crippen LogP contribution in [0, 0.1) is 0 Å². The Kier molecular flexibility index (Phi) is 3.61. The topological polar surface area (TPSA) is 76.7 Å². The largest absolute Gasteiger partial charge is 0.383 e. The zero-order valence-electron chi connectivity index (χ0n) is 14.9. The summed E-state index contributed by atoms with van der Waals surface area (Å²) in [6, 6.07) is 10.1. The molecule has 1 aromatic carbocycles. The first-order valence-electron chi connectivity index (χ1n) is 8.75. The van der Waals surface area contributed by atoms with Crippen LogP contribution in [0.15, 0.2) is 30.3 Å². The first-order chi connectivity index (χ1) is 11.9. The van der Waals surface area contributed by atoms with Crippen LogP contribution >= 0.6 is 0 Å². The van der Waals surface area contributed by atoms with Gasteiger partial charge in [0.05, 0.1) is 6.54 Å². The molecule has 0 atom stereocenters. The quantitative estimate of drug-likeness (QED) is 0.795. The van der Waals surface area contributed by atoms with Gasteiger partial charge >= 0.3 is 0 Å². The van der Waals surface area contributed by atoms with Crippen molar-refractivity contribution in [2.75, 3.05) is 0 Å². The van der Waals surface area contributed by atoms with Crippen molar-refractivity contribution in [3.8, 4) is 0 Å². The average Bonchev–Trinajstić information content (AvgIpc) is 2.95. The van der Waals surface area contributed by atoms with Gasteiger partial charge in [-0.2, -0.15) is 0 Å². The number of aromatic nitrogens is 5. The molecule has 6 nitrogen and oxygen atoms in total. The van der Waals surface area contributed by atoms with Crippen molar-refractivity contribution >= 4 is 11.2 Å². The van der Waals surface area contributed by atoms with E-state index in [-0.39, 0.29) is 5.41 Å². The van der Waals surface area contributed by atoms with Crippen LogP contribution in [0.25, 0.3) is 11.2 Å². The smallest absolute Gasteiger partial charge is 0.182 e. The summed E-state index contributed by atoms with van der Waals surface area (Å²) in [6.07, 6.45) is 2.44. The second-order valence-electron chi connectivity index (χ2n) is 7.94. The van der Waals surface area contributed by atoms with Crippen molar-refractivity contribution in [1.29, 1.82) is 0 Å². The van der Waals surface area contributed by atoms with E-state index in [0.717, 1.165) is 12.0 Å². The Bertz CT molecular complexity index is 907. The van der Waals surface area contributed by atoms with E-state index in [1.807, 2.05) is 18.2 Å². The molecule has 2 heterocycles. The van der Waals surface area contributed by atoms with Crippen LogP contribution in [0.5, 0.6) is 0 Å². The van der Waals surface area contributed by atoms with Gasteiger partial charge in [0.25, 0.3) is 0 Å². The van der Waals surface area contributed by atoms with Crippen LogP contribution in [0.2, 0.25) is 0 Å². The number of rotatable bonds is 3. The third-order valence-electron chi connectivity index (χ3n) is 4.83. The summed E-state index contributed by atoms with van der Waals surface area (Å²) < 4.78 is 1.80. The summed E-state index contributed by atoms with van der Waals surface area (Å²) in [5.41, 5.74) is 1.96. The molecule has 4 rings (SSSR count). The predicted molar refractivity (Wildman–Crippen MR) is 95.1 cm³/mol. The molecule has 0 amide bonds. The first-order valence-corrected chi connectivity index (χ1v) is 8.75. The summed E-state index contributed by atoms with van der Waals surface area (Å²) in [4.78, 5) is 9.46. The minimum absolute atomic E-state index is 0.217. The van der Waals surface area contributed by atoms with Crippen molar-refractivity contribution in [2.24, 2.45) is 0 Å². The molecule has 2 aromatic heterocycles. The fourth-order valence-electron chi connectivity index (χ4n) is 3.13. The molecular weight excluding hydrogens is 314 g/mol. The summed E-state index contributed by atoms with van der Waals surface area (Å²) in [5, 5.41) is 19.5. The van der Waals surface area contributed by atoms with E-state index < -0.39 is 5.60 Å². The van der Waals surface area contributed by atoms with Crippen LogP contribution in [0.4, 0.5) is 0 Å². The number of nitrogens with zero attached hydrogens (tertiary/aromatic N) is 5. The molecule has 6 heteroatoms. The van der Waals surface area contributed by atoms with E-state index in [0.29, 0.717) is 42.1 Å². The highest BCUT2D eigenvalue weighted by Crippen LogP contribution is 2.42. The molecule has 0 unspecified atom stereocenters. The Balaban J connectivity index is 1.88. The highest BCUT2D eigenvalue weighted by molar-refractivity contribution is 5.74. The Hall–Kier alpha value is -2.34. The summed E-state index contributed by atoms with van der Waals surface area (Å²) in [6.45, 7) is 6.83. The highest BCUT2D eigenvalue weighted by Gasteiger charge is 2.41. The molecule has 1 aliphatic carbocycles. The summed E-state index contributed by atoms with van der Waals surface area (Å²) in [5.74, 6) is 0.715. The summed E-state index contributed by atoms with van der Waals surface area (Å²) in [7, 11) is 0. The lowest BCUT2D eigenvalue weighted by molar-refractivity contribution is -0.0416. The van der Waals surface area contributed by atoms with Crippen molar-refractivity contribution in [1.82, 2.24) is 25.0 Å². The van der Waals surface area contributed by atoms with Crippen LogP contribution in [-0.4, -0.2) is 30.1 Å². The van der Waals surface area contributed by atoms with Crippen LogP contribution in [0.1, 0.15) is 57.1 Å². The van der Waals surface area contributed by atoms with E-state index in [1.54, 1.807) is 4.68 Å². The lowest BCUT2D eigenvalue weighted by Crippen LogP contribution is -2.36. The van der Waals surface area contributed by atoms with Gasteiger partial charge in [0.15, 0.2) is 11.2 Å². The second kappa shape index (κ2) is 5.59. The molecule has 1 aliphatic rings. The van der Waals surface area contributed by atoms with Gasteiger partial charge in [-0.25, -0.2) is 14.6 Å². The minimum Gasteiger partial charge on any atom is -0.383 e. The molecular formula is C19H23N5O. The summed E-state index contributed by atoms with van der Waals surface area (Å²) >= 11 is 0. The maximum Gasteiger partial charge on any atom is 0.182 e. The standard InChI is InChI=1S/C19H23N5O/c1-18(2,3)17-20-15(19(25)10-7-11-19)14-16(21-17)24(23-22-14)12-13-8-5-4-6-9-13/h4-6,8-9,25H,7,10-12H2,1-3H3. The van der Waals surface area contributed by atoms with E-state index >= 15 is 0 Å². The van der Waals surface area contributed by atoms with E-state index in [4.69, 9.17) is 9.97 Å². The lowest BCUT2D eigenvalue weighted by atomic mass is 9.77. The Labute approximate surface area is 146 Å². The first kappa shape index (κ1) is 16.1. The molecule has 0 aliphatic heterocycles. The van der Waals surface area contributed by atoms with Gasteiger partial charge in [-0.15, -0.1) is 5.10 Å². The van der Waals surface area contributed by atoms with Crippen molar-refractivity contribution in [3.63, 3.8) is 0 Å². The molecule has 0 spiro atoms. The SMILES string of the molecule is CC(C)(C)c1nc(C2(O)CCC2)c2nnn(Cc3ccccc3)c2n1. The molecule has 1 N–H and O–H groups in total. The number of hydrogen-bond donors (Lipinski definition) is 1. The van der Waals surface area contributed by atoms with Gasteiger partial charge < -0.3 is 5.11 Å². The molecule has 1 fully saturated rings. The van der Waals surface area contributed by atoms with Crippen molar-refractivity contribution in [3.05, 3.63) is 47.4 Å². The van der Waals surface area contributed by atoms with Gasteiger partial charge in [0.2, 0.25) is 0 Å². The zero-order chi connectivity index (χ0) is 17.7. The molecule has 1 saturated carbocycles. The highest BCUT2D eigenvalue weighted by atomic mass is 16.3. The molecule has 3 aromatic rings. The molecule has 25 heavy (non-hydrogen) atoms. The maximum atomic E-state index is 10.9. The minimum atomic E-state index is -0.894. The molecule has 130 valence electrons. The van der Waals surface area contributed by atoms with Gasteiger partial charge in [0.1, 0.15) is 17.1 Å². The number of fused-ring (bicyclic) bond motifs is 1. The fourth-order valence-corrected chi connectivity index (χ4v) is 3.13. The number of aliphatic hydroxyl groups is 1. The number of hydrogen-bond acceptors (Lipinski definition) is 5. The van der Waals surface area contributed by atoms with E-state index in [1.165, 1.54) is 0 Å². The third-order valence-corrected chi connectivity index (χ3v) is 4.83. The predicted octanol–water partition coefficient (Wildman–Crippen LogP) is 2.94. The van der Waals surface area contributed by atoms with Gasteiger partial charge in [0, 0.05) is 5.41 Å². The van der Waals surface area contributed by atoms with Crippen LogP contribution in [-0.2, 0) is 17.6 Å². The van der Waals surface area contributed by atoms with E-state index in [9.17, 15) is 5.11 Å². The maximum absolute atomic E-state index is 10.9. The van der Waals surface area contributed by atoms with Gasteiger partial charge in [-0.1, -0.05) is 56.3 Å². The van der Waals surface area contributed by atoms with Crippen molar-refractivity contribution in [2.45, 2.75) is 57.6 Å². The third kappa shape index (κ3) is 2.80. The van der Waals surface area contributed by atoms with Crippen LogP contribution < -0.4 is 0 Å². The van der Waals surface area contributed by atoms with Crippen molar-refractivity contribution < 1.29 is 5.11 Å². The molecule has 0 bridgehead atoms. The number of benzene rings is 1. The van der Waals surface area contributed by atoms with Gasteiger partial charge in [-0.3, -0.25) is 0 Å². The molecule has 0 saturated heterocycles. The normalized spacial score (nSPS) is 16.8. The average molecular weight is 337 g/mol. The lowest BCUT2D eigenvalue weighted by Gasteiger charge is -2.36. The monoisotopic (exact) mass is 337 g/mol. The Morgan fingerprint density at radius 2 is 1.84 bits per heavy atom. The molecule has 0 radical (unpaired) electrons. The van der Waals surface area contributed by atoms with E-state index in [2.05, 4.69) is 43.2 Å². The fraction of sp³-hybridized carbons (Fsp3) is 0.474. The van der Waals surface area contributed by atoms with Gasteiger partial charge in [-0.05, 0) is 24.8 Å². The Morgan fingerprint density at radius 1 is 1.12 bits per heavy atom. The Morgan fingerprint density at radius 3 is 2.44 bits per heavy atom. The zero-order valence-corrected chi connectivity index (χ0v) is 14.9. The van der Waals surface area contributed by atoms with Crippen LogP contribution in [0.3, 0.4) is 0 Å².